The molecule has 0 radical (unpaired) electrons. The molecule has 28 heavy (non-hydrogen) atoms. The molecule has 3 N–H and O–H groups in total. The molecule has 2 aromatic carbocycles. The van der Waals surface area contributed by atoms with Crippen molar-refractivity contribution < 1.29 is 23.9 Å². The van der Waals surface area contributed by atoms with Crippen LogP contribution in [0.25, 0.3) is 6.08 Å². The predicted octanol–water partition coefficient (Wildman–Crippen LogP) is 2.66. The van der Waals surface area contributed by atoms with Crippen molar-refractivity contribution in [2.75, 3.05) is 19.0 Å². The first-order chi connectivity index (χ1) is 13.5. The number of nitrogens with one attached hydrogen (secondary N) is 3. The molecule has 0 aromatic heterocycles. The van der Waals surface area contributed by atoms with Gasteiger partial charge in [0.1, 0.15) is 17.2 Å². The topological polar surface area (TPSA) is 106 Å². The summed E-state index contributed by atoms with van der Waals surface area (Å²) in [6.07, 6.45) is 1.51. The van der Waals surface area contributed by atoms with Crippen molar-refractivity contribution in [2.45, 2.75) is 0 Å². The molecule has 9 heteroatoms. The maximum atomic E-state index is 12.2. The second-order valence-electron chi connectivity index (χ2n) is 5.69. The van der Waals surface area contributed by atoms with Gasteiger partial charge in [-0.15, -0.1) is 0 Å². The van der Waals surface area contributed by atoms with Gasteiger partial charge in [0.2, 0.25) is 0 Å². The number of urea groups is 1. The van der Waals surface area contributed by atoms with Gasteiger partial charge >= 0.3 is 6.03 Å². The molecule has 2 aromatic rings. The molecule has 3 rings (SSSR count). The van der Waals surface area contributed by atoms with E-state index in [0.717, 1.165) is 0 Å². The van der Waals surface area contributed by atoms with Crippen molar-refractivity contribution in [3.63, 3.8) is 0 Å². The molecule has 0 atom stereocenters. The zero-order valence-electron chi connectivity index (χ0n) is 14.7. The number of rotatable bonds is 6. The van der Waals surface area contributed by atoms with Crippen LogP contribution in [0.4, 0.5) is 10.5 Å². The zero-order valence-corrected chi connectivity index (χ0v) is 16.3. The molecule has 0 unspecified atom stereocenters. The largest absolute Gasteiger partial charge is 0.495 e. The first-order valence-electron chi connectivity index (χ1n) is 8.15. The summed E-state index contributed by atoms with van der Waals surface area (Å²) in [7, 11) is 1.52. The first-order valence-corrected chi connectivity index (χ1v) is 8.95. The van der Waals surface area contributed by atoms with E-state index in [2.05, 4.69) is 31.9 Å². The van der Waals surface area contributed by atoms with Gasteiger partial charge in [-0.1, -0.05) is 28.1 Å². The van der Waals surface area contributed by atoms with Gasteiger partial charge in [0.05, 0.1) is 12.8 Å². The Labute approximate surface area is 169 Å². The van der Waals surface area contributed by atoms with Crippen LogP contribution in [0, 0.1) is 0 Å². The summed E-state index contributed by atoms with van der Waals surface area (Å²) >= 11 is 3.38. The van der Waals surface area contributed by atoms with E-state index in [1.807, 2.05) is 0 Å². The maximum absolute atomic E-state index is 12.2. The van der Waals surface area contributed by atoms with Crippen molar-refractivity contribution in [3.8, 4) is 11.5 Å². The van der Waals surface area contributed by atoms with Crippen LogP contribution in [0.2, 0.25) is 0 Å². The van der Waals surface area contributed by atoms with E-state index in [1.165, 1.54) is 13.2 Å². The van der Waals surface area contributed by atoms with Gasteiger partial charge in [0, 0.05) is 4.47 Å². The molecule has 4 amide bonds. The summed E-state index contributed by atoms with van der Waals surface area (Å²) in [5.41, 5.74) is 1.27. The molecular weight excluding hydrogens is 430 g/mol. The maximum Gasteiger partial charge on any atom is 0.326 e. The van der Waals surface area contributed by atoms with Crippen molar-refractivity contribution in [1.82, 2.24) is 10.6 Å². The van der Waals surface area contributed by atoms with Crippen LogP contribution in [0.1, 0.15) is 5.56 Å². The molecule has 0 saturated carbocycles. The Kier molecular flexibility index (Phi) is 5.95. The minimum absolute atomic E-state index is 0.122. The number of benzene rings is 2. The molecule has 1 heterocycles. The highest BCUT2D eigenvalue weighted by molar-refractivity contribution is 9.10. The van der Waals surface area contributed by atoms with Gasteiger partial charge in [-0.3, -0.25) is 14.9 Å². The van der Waals surface area contributed by atoms with E-state index in [1.54, 1.807) is 42.5 Å². The summed E-state index contributed by atoms with van der Waals surface area (Å²) in [6.45, 7) is -0.215. The monoisotopic (exact) mass is 445 g/mol. The van der Waals surface area contributed by atoms with Crippen LogP contribution in [-0.4, -0.2) is 31.6 Å². The van der Waals surface area contributed by atoms with Crippen LogP contribution in [0.15, 0.2) is 52.6 Å². The van der Waals surface area contributed by atoms with Crippen molar-refractivity contribution in [2.24, 2.45) is 0 Å². The quantitative estimate of drug-likeness (QED) is 0.468. The molecule has 8 nitrogen and oxygen atoms in total. The van der Waals surface area contributed by atoms with E-state index >= 15 is 0 Å². The predicted molar refractivity (Wildman–Crippen MR) is 106 cm³/mol. The molecular formula is C19H16BrN3O5. The Bertz CT molecular complexity index is 974. The number of hydrogen-bond donors (Lipinski definition) is 3. The summed E-state index contributed by atoms with van der Waals surface area (Å²) in [4.78, 5) is 35.0. The smallest absolute Gasteiger partial charge is 0.326 e. The van der Waals surface area contributed by atoms with Gasteiger partial charge in [-0.25, -0.2) is 4.79 Å². The molecule has 0 aliphatic carbocycles. The van der Waals surface area contributed by atoms with E-state index in [4.69, 9.17) is 9.47 Å². The number of para-hydroxylation sites is 2. The van der Waals surface area contributed by atoms with Gasteiger partial charge in [0.25, 0.3) is 11.8 Å². The van der Waals surface area contributed by atoms with Crippen molar-refractivity contribution in [1.29, 1.82) is 0 Å². The van der Waals surface area contributed by atoms with Crippen LogP contribution in [-0.2, 0) is 9.59 Å². The molecule has 1 saturated heterocycles. The molecule has 0 spiro atoms. The third kappa shape index (κ3) is 4.68. The Morgan fingerprint density at radius 3 is 2.68 bits per heavy atom. The van der Waals surface area contributed by atoms with Crippen molar-refractivity contribution in [3.05, 3.63) is 58.2 Å². The molecule has 1 aliphatic rings. The summed E-state index contributed by atoms with van der Waals surface area (Å²) in [5, 5.41) is 7.25. The number of anilines is 1. The number of hydrogen-bond acceptors (Lipinski definition) is 5. The minimum atomic E-state index is -0.576. The standard InChI is InChI=1S/C19H16BrN3O5/c1-27-16-5-3-2-4-14(16)21-17(24)10-28-12-6-7-13(20)11(8-12)9-15-18(25)23-19(26)22-15/h2-9H,10H2,1H3,(H,21,24)(H2,22,23,25,26)/b15-9-. The summed E-state index contributed by atoms with van der Waals surface area (Å²) < 4.78 is 11.4. The summed E-state index contributed by atoms with van der Waals surface area (Å²) in [5.74, 6) is 0.106. The van der Waals surface area contributed by atoms with Gasteiger partial charge in [-0.2, -0.15) is 0 Å². The SMILES string of the molecule is COc1ccccc1NC(=O)COc1ccc(Br)c(/C=C2\NC(=O)NC2=O)c1. The number of imide groups is 1. The first kappa shape index (κ1) is 19.4. The number of carbonyl (C=O) groups is 3. The van der Waals surface area contributed by atoms with Gasteiger partial charge in [-0.05, 0) is 42.0 Å². The number of ether oxygens (including phenoxy) is 2. The number of amides is 4. The highest BCUT2D eigenvalue weighted by Crippen LogP contribution is 2.26. The van der Waals surface area contributed by atoms with E-state index in [-0.39, 0.29) is 18.2 Å². The lowest BCUT2D eigenvalue weighted by Crippen LogP contribution is -2.22. The Morgan fingerprint density at radius 2 is 1.96 bits per heavy atom. The number of carbonyl (C=O) groups excluding carboxylic acids is 3. The second kappa shape index (κ2) is 8.57. The lowest BCUT2D eigenvalue weighted by molar-refractivity contribution is -0.118. The van der Waals surface area contributed by atoms with Crippen molar-refractivity contribution >= 4 is 45.5 Å². The van der Waals surface area contributed by atoms with Crippen LogP contribution >= 0.6 is 15.9 Å². The van der Waals surface area contributed by atoms with Gasteiger partial charge in [0.15, 0.2) is 6.61 Å². The summed E-state index contributed by atoms with van der Waals surface area (Å²) in [6, 6.07) is 11.5. The van der Waals surface area contributed by atoms with Crippen LogP contribution in [0.5, 0.6) is 11.5 Å². The molecule has 1 fully saturated rings. The third-order valence-electron chi connectivity index (χ3n) is 3.74. The zero-order chi connectivity index (χ0) is 20.1. The van der Waals surface area contributed by atoms with Crippen LogP contribution in [0.3, 0.4) is 0 Å². The normalized spacial score (nSPS) is 14.4. The minimum Gasteiger partial charge on any atom is -0.495 e. The Hall–Kier alpha value is -3.33. The highest BCUT2D eigenvalue weighted by Gasteiger charge is 2.23. The van der Waals surface area contributed by atoms with E-state index in [0.29, 0.717) is 27.2 Å². The second-order valence-corrected chi connectivity index (χ2v) is 6.54. The lowest BCUT2D eigenvalue weighted by Gasteiger charge is -2.11. The van der Waals surface area contributed by atoms with Crippen LogP contribution < -0.4 is 25.4 Å². The Balaban J connectivity index is 1.66. The fraction of sp³-hybridized carbons (Fsp3) is 0.105. The van der Waals surface area contributed by atoms with Gasteiger partial charge < -0.3 is 20.1 Å². The van der Waals surface area contributed by atoms with E-state index in [9.17, 15) is 14.4 Å². The fourth-order valence-electron chi connectivity index (χ4n) is 2.44. The molecule has 144 valence electrons. The van der Waals surface area contributed by atoms with E-state index < -0.39 is 11.9 Å². The lowest BCUT2D eigenvalue weighted by atomic mass is 10.2. The third-order valence-corrected chi connectivity index (χ3v) is 4.46. The molecule has 1 aliphatic heterocycles. The Morgan fingerprint density at radius 1 is 1.18 bits per heavy atom. The number of methoxy groups -OCH3 is 1. The average Bonchev–Trinajstić information content (AvgIpc) is 2.99. The fourth-order valence-corrected chi connectivity index (χ4v) is 2.80. The molecule has 0 bridgehead atoms. The number of halogens is 1. The average molecular weight is 446 g/mol. The highest BCUT2D eigenvalue weighted by atomic mass is 79.9.